The molecule has 0 atom stereocenters. The summed E-state index contributed by atoms with van der Waals surface area (Å²) in [5, 5.41) is 3.46. The first-order valence-corrected chi connectivity index (χ1v) is 7.07. The van der Waals surface area contributed by atoms with E-state index in [1.165, 1.54) is 5.56 Å². The van der Waals surface area contributed by atoms with Gasteiger partial charge in [-0.2, -0.15) is 0 Å². The highest BCUT2D eigenvalue weighted by atomic mass is 16.5. The molecule has 0 unspecified atom stereocenters. The van der Waals surface area contributed by atoms with E-state index in [-0.39, 0.29) is 6.10 Å². The lowest BCUT2D eigenvalue weighted by molar-refractivity contribution is 0.243. The van der Waals surface area contributed by atoms with Gasteiger partial charge in [0.1, 0.15) is 5.75 Å². The van der Waals surface area contributed by atoms with Gasteiger partial charge in [0.15, 0.2) is 0 Å². The maximum atomic E-state index is 5.91. The Morgan fingerprint density at radius 2 is 1.84 bits per heavy atom. The minimum Gasteiger partial charge on any atom is -0.489 e. The first kappa shape index (κ1) is 15.8. The van der Waals surface area contributed by atoms with E-state index in [0.717, 1.165) is 24.5 Å². The quantitative estimate of drug-likeness (QED) is 0.818. The van der Waals surface area contributed by atoms with Crippen LogP contribution in [0.3, 0.4) is 0 Å². The van der Waals surface area contributed by atoms with E-state index < -0.39 is 0 Å². The van der Waals surface area contributed by atoms with Crippen molar-refractivity contribution in [3.8, 4) is 5.75 Å². The lowest BCUT2D eigenvalue weighted by Crippen LogP contribution is -2.19. The number of hydrogen-bond acceptors (Lipinski definition) is 3. The normalized spacial score (nSPS) is 11.2. The number of anilines is 1. The predicted molar refractivity (Wildman–Crippen MR) is 83.1 cm³/mol. The van der Waals surface area contributed by atoms with Gasteiger partial charge in [-0.1, -0.05) is 19.9 Å². The third kappa shape index (κ3) is 5.52. The third-order valence-corrected chi connectivity index (χ3v) is 2.75. The number of rotatable bonds is 7. The van der Waals surface area contributed by atoms with E-state index in [2.05, 4.69) is 56.1 Å². The summed E-state index contributed by atoms with van der Waals surface area (Å²) in [6, 6.07) is 6.43. The van der Waals surface area contributed by atoms with Gasteiger partial charge in [0.2, 0.25) is 0 Å². The van der Waals surface area contributed by atoms with Gasteiger partial charge in [0.05, 0.1) is 11.8 Å². The lowest BCUT2D eigenvalue weighted by atomic mass is 10.1. The molecule has 1 aromatic rings. The van der Waals surface area contributed by atoms with Crippen molar-refractivity contribution in [2.24, 2.45) is 5.92 Å². The van der Waals surface area contributed by atoms with Crippen molar-refractivity contribution in [1.29, 1.82) is 0 Å². The number of nitrogens with zero attached hydrogens (tertiary/aromatic N) is 1. The summed E-state index contributed by atoms with van der Waals surface area (Å²) < 4.78 is 5.91. The standard InChI is InChI=1S/C16H28N2O/c1-12(2)10-17-11-14-7-8-15(18(5)6)16(9-14)19-13(3)4/h7-9,12-13,17H,10-11H2,1-6H3. The highest BCUT2D eigenvalue weighted by Crippen LogP contribution is 2.29. The molecule has 108 valence electrons. The maximum absolute atomic E-state index is 5.91. The number of ether oxygens (including phenoxy) is 1. The summed E-state index contributed by atoms with van der Waals surface area (Å²) >= 11 is 0. The molecule has 0 aliphatic heterocycles. The van der Waals surface area contributed by atoms with Crippen LogP contribution in [0.5, 0.6) is 5.75 Å². The van der Waals surface area contributed by atoms with Crippen molar-refractivity contribution >= 4 is 5.69 Å². The van der Waals surface area contributed by atoms with Gasteiger partial charge in [-0.05, 0) is 44.0 Å². The molecule has 0 amide bonds. The molecule has 1 N–H and O–H groups in total. The fourth-order valence-electron chi connectivity index (χ4n) is 1.89. The van der Waals surface area contributed by atoms with E-state index >= 15 is 0 Å². The molecule has 0 heterocycles. The van der Waals surface area contributed by atoms with Crippen LogP contribution in [-0.4, -0.2) is 26.7 Å². The highest BCUT2D eigenvalue weighted by molar-refractivity contribution is 5.59. The molecule has 1 rings (SSSR count). The molecular weight excluding hydrogens is 236 g/mol. The van der Waals surface area contributed by atoms with Crippen molar-refractivity contribution in [3.63, 3.8) is 0 Å². The van der Waals surface area contributed by atoms with Gasteiger partial charge < -0.3 is 15.0 Å². The van der Waals surface area contributed by atoms with Crippen molar-refractivity contribution in [2.45, 2.75) is 40.3 Å². The van der Waals surface area contributed by atoms with E-state index in [1.54, 1.807) is 0 Å². The van der Waals surface area contributed by atoms with E-state index in [9.17, 15) is 0 Å². The van der Waals surface area contributed by atoms with Crippen molar-refractivity contribution in [3.05, 3.63) is 23.8 Å². The molecule has 0 saturated heterocycles. The predicted octanol–water partition coefficient (Wildman–Crippen LogP) is 3.29. The smallest absolute Gasteiger partial charge is 0.143 e. The zero-order valence-corrected chi connectivity index (χ0v) is 13.2. The van der Waals surface area contributed by atoms with Gasteiger partial charge in [-0.15, -0.1) is 0 Å². The first-order valence-electron chi connectivity index (χ1n) is 7.07. The van der Waals surface area contributed by atoms with Gasteiger partial charge in [-0.3, -0.25) is 0 Å². The summed E-state index contributed by atoms with van der Waals surface area (Å²) in [4.78, 5) is 2.09. The van der Waals surface area contributed by atoms with E-state index in [4.69, 9.17) is 4.74 Å². The molecule has 3 nitrogen and oxygen atoms in total. The van der Waals surface area contributed by atoms with Crippen LogP contribution in [0.4, 0.5) is 5.69 Å². The van der Waals surface area contributed by atoms with Crippen LogP contribution in [0, 0.1) is 5.92 Å². The molecule has 19 heavy (non-hydrogen) atoms. The average Bonchev–Trinajstić information content (AvgIpc) is 2.27. The molecule has 1 aromatic carbocycles. The number of benzene rings is 1. The van der Waals surface area contributed by atoms with Gasteiger partial charge in [0.25, 0.3) is 0 Å². The Morgan fingerprint density at radius 3 is 2.37 bits per heavy atom. The third-order valence-electron chi connectivity index (χ3n) is 2.75. The Balaban J connectivity index is 2.79. The molecule has 0 bridgehead atoms. The van der Waals surface area contributed by atoms with Crippen LogP contribution in [-0.2, 0) is 6.54 Å². The van der Waals surface area contributed by atoms with Crippen LogP contribution in [0.1, 0.15) is 33.3 Å². The van der Waals surface area contributed by atoms with Gasteiger partial charge >= 0.3 is 0 Å². The Bertz CT molecular complexity index is 386. The van der Waals surface area contributed by atoms with Gasteiger partial charge in [0, 0.05) is 20.6 Å². The second kappa shape index (κ2) is 7.39. The van der Waals surface area contributed by atoms with Crippen LogP contribution in [0.2, 0.25) is 0 Å². The van der Waals surface area contributed by atoms with Crippen LogP contribution in [0.25, 0.3) is 0 Å². The van der Waals surface area contributed by atoms with Crippen molar-refractivity contribution < 1.29 is 4.74 Å². The SMILES string of the molecule is CC(C)CNCc1ccc(N(C)C)c(OC(C)C)c1. The molecule has 0 aliphatic rings. The lowest BCUT2D eigenvalue weighted by Gasteiger charge is -2.20. The largest absolute Gasteiger partial charge is 0.489 e. The fraction of sp³-hybridized carbons (Fsp3) is 0.625. The maximum Gasteiger partial charge on any atom is 0.143 e. The summed E-state index contributed by atoms with van der Waals surface area (Å²) in [6.07, 6.45) is 0.192. The fourth-order valence-corrected chi connectivity index (χ4v) is 1.89. The molecular formula is C16H28N2O. The second-order valence-corrected chi connectivity index (χ2v) is 5.89. The molecule has 0 fully saturated rings. The molecule has 3 heteroatoms. The second-order valence-electron chi connectivity index (χ2n) is 5.89. The topological polar surface area (TPSA) is 24.5 Å². The van der Waals surface area contributed by atoms with Gasteiger partial charge in [-0.25, -0.2) is 0 Å². The minimum atomic E-state index is 0.192. The number of hydrogen-bond donors (Lipinski definition) is 1. The molecule has 0 aromatic heterocycles. The first-order chi connectivity index (χ1) is 8.90. The van der Waals surface area contributed by atoms with E-state index in [1.807, 2.05) is 14.1 Å². The molecule has 0 saturated carbocycles. The average molecular weight is 264 g/mol. The summed E-state index contributed by atoms with van der Waals surface area (Å²) in [5.74, 6) is 1.64. The van der Waals surface area contributed by atoms with Crippen molar-refractivity contribution in [2.75, 3.05) is 25.5 Å². The summed E-state index contributed by atoms with van der Waals surface area (Å²) in [5.41, 5.74) is 2.39. The van der Waals surface area contributed by atoms with Crippen LogP contribution in [0.15, 0.2) is 18.2 Å². The summed E-state index contributed by atoms with van der Waals surface area (Å²) in [6.45, 7) is 10.5. The van der Waals surface area contributed by atoms with Crippen LogP contribution < -0.4 is 15.0 Å². The Labute approximate surface area is 118 Å². The highest BCUT2D eigenvalue weighted by Gasteiger charge is 2.09. The monoisotopic (exact) mass is 264 g/mol. The van der Waals surface area contributed by atoms with Crippen LogP contribution >= 0.6 is 0 Å². The van der Waals surface area contributed by atoms with Crippen molar-refractivity contribution in [1.82, 2.24) is 5.32 Å². The zero-order chi connectivity index (χ0) is 14.4. The molecule has 0 radical (unpaired) electrons. The Morgan fingerprint density at radius 1 is 1.16 bits per heavy atom. The molecule has 0 spiro atoms. The summed E-state index contributed by atoms with van der Waals surface area (Å²) in [7, 11) is 4.08. The zero-order valence-electron chi connectivity index (χ0n) is 13.2. The Kier molecular flexibility index (Phi) is 6.16. The van der Waals surface area contributed by atoms with E-state index in [0.29, 0.717) is 5.92 Å². The number of nitrogens with one attached hydrogen (secondary N) is 1. The molecule has 0 aliphatic carbocycles. The Hall–Kier alpha value is -1.22. The minimum absolute atomic E-state index is 0.192.